The highest BCUT2D eigenvalue weighted by Gasteiger charge is 2.23. The number of aromatic amines is 2. The van der Waals surface area contributed by atoms with Crippen molar-refractivity contribution in [2.75, 3.05) is 0 Å². The summed E-state index contributed by atoms with van der Waals surface area (Å²) in [7, 11) is -3.83. The van der Waals surface area contributed by atoms with Crippen molar-refractivity contribution >= 4 is 10.0 Å². The SMILES string of the molecule is Cc1[nH]nc(S(=O)(=O)NCc2nn[nH]n2)c1CO. The standard InChI is InChI=1S/C7H11N7O3S/c1-4-5(3-15)7(12-9-4)18(16,17)8-2-6-10-13-14-11-6/h8,15H,2-3H2,1H3,(H,9,12)(H,10,11,13,14). The summed E-state index contributed by atoms with van der Waals surface area (Å²) in [6.45, 7) is 1.09. The molecule has 0 aromatic carbocycles. The van der Waals surface area contributed by atoms with E-state index in [9.17, 15) is 8.42 Å². The second kappa shape index (κ2) is 4.80. The third-order valence-corrected chi connectivity index (χ3v) is 3.63. The highest BCUT2D eigenvalue weighted by molar-refractivity contribution is 7.89. The van der Waals surface area contributed by atoms with Gasteiger partial charge < -0.3 is 5.11 Å². The molecule has 0 aliphatic rings. The van der Waals surface area contributed by atoms with Crippen molar-refractivity contribution in [3.8, 4) is 0 Å². The monoisotopic (exact) mass is 273 g/mol. The quantitative estimate of drug-likeness (QED) is 0.502. The largest absolute Gasteiger partial charge is 0.392 e. The van der Waals surface area contributed by atoms with Crippen molar-refractivity contribution in [3.63, 3.8) is 0 Å². The molecule has 4 N–H and O–H groups in total. The van der Waals surface area contributed by atoms with E-state index in [-0.39, 0.29) is 23.0 Å². The summed E-state index contributed by atoms with van der Waals surface area (Å²) < 4.78 is 26.1. The van der Waals surface area contributed by atoms with Crippen molar-refractivity contribution < 1.29 is 13.5 Å². The van der Waals surface area contributed by atoms with Crippen LogP contribution >= 0.6 is 0 Å². The minimum atomic E-state index is -3.83. The zero-order valence-electron chi connectivity index (χ0n) is 9.38. The molecule has 2 aromatic rings. The molecule has 0 aliphatic carbocycles. The number of aliphatic hydroxyl groups is 1. The molecule has 98 valence electrons. The minimum absolute atomic E-state index is 0.115. The Balaban J connectivity index is 2.20. The first kappa shape index (κ1) is 12.6. The molecule has 0 atom stereocenters. The molecule has 0 radical (unpaired) electrons. The molecule has 0 saturated heterocycles. The molecule has 0 unspecified atom stereocenters. The number of sulfonamides is 1. The summed E-state index contributed by atoms with van der Waals surface area (Å²) >= 11 is 0. The molecule has 11 heteroatoms. The zero-order chi connectivity index (χ0) is 13.2. The number of aliphatic hydroxyl groups excluding tert-OH is 1. The first-order valence-electron chi connectivity index (χ1n) is 4.91. The van der Waals surface area contributed by atoms with Gasteiger partial charge in [-0.2, -0.15) is 10.3 Å². The van der Waals surface area contributed by atoms with Crippen LogP contribution in [0.3, 0.4) is 0 Å². The zero-order valence-corrected chi connectivity index (χ0v) is 10.2. The Morgan fingerprint density at radius 3 is 2.78 bits per heavy atom. The average Bonchev–Trinajstić information content (AvgIpc) is 2.95. The summed E-state index contributed by atoms with van der Waals surface area (Å²) in [6.07, 6.45) is 0. The van der Waals surface area contributed by atoms with E-state index in [1.165, 1.54) is 0 Å². The third kappa shape index (κ3) is 2.37. The van der Waals surface area contributed by atoms with Gasteiger partial charge in [-0.3, -0.25) is 5.10 Å². The number of aromatic nitrogens is 6. The van der Waals surface area contributed by atoms with Crippen molar-refractivity contribution in [3.05, 3.63) is 17.1 Å². The highest BCUT2D eigenvalue weighted by Crippen LogP contribution is 2.15. The summed E-state index contributed by atoms with van der Waals surface area (Å²) in [5, 5.41) is 27.8. The second-order valence-electron chi connectivity index (χ2n) is 3.44. The molecule has 2 heterocycles. The smallest absolute Gasteiger partial charge is 0.260 e. The van der Waals surface area contributed by atoms with Gasteiger partial charge in [0.2, 0.25) is 0 Å². The topological polar surface area (TPSA) is 150 Å². The van der Waals surface area contributed by atoms with Crippen LogP contribution in [0.25, 0.3) is 0 Å². The van der Waals surface area contributed by atoms with Gasteiger partial charge in [0.15, 0.2) is 10.9 Å². The maximum absolute atomic E-state index is 11.9. The van der Waals surface area contributed by atoms with Gasteiger partial charge in [-0.05, 0) is 6.92 Å². The Bertz CT molecular complexity index is 618. The average molecular weight is 273 g/mol. The van der Waals surface area contributed by atoms with E-state index in [1.54, 1.807) is 6.92 Å². The Kier molecular flexibility index (Phi) is 3.36. The van der Waals surface area contributed by atoms with Crippen LogP contribution in [0.1, 0.15) is 17.1 Å². The fourth-order valence-electron chi connectivity index (χ4n) is 1.32. The van der Waals surface area contributed by atoms with E-state index in [0.29, 0.717) is 5.69 Å². The molecule has 18 heavy (non-hydrogen) atoms. The van der Waals surface area contributed by atoms with Crippen LogP contribution in [0.4, 0.5) is 0 Å². The van der Waals surface area contributed by atoms with Crippen LogP contribution < -0.4 is 4.72 Å². The molecule has 2 aromatic heterocycles. The van der Waals surface area contributed by atoms with Crippen molar-refractivity contribution in [1.82, 2.24) is 35.5 Å². The van der Waals surface area contributed by atoms with Crippen molar-refractivity contribution in [2.45, 2.75) is 25.1 Å². The number of rotatable bonds is 5. The van der Waals surface area contributed by atoms with E-state index in [2.05, 4.69) is 35.5 Å². The molecular weight excluding hydrogens is 262 g/mol. The highest BCUT2D eigenvalue weighted by atomic mass is 32.2. The van der Waals surface area contributed by atoms with Crippen molar-refractivity contribution in [2.24, 2.45) is 0 Å². The number of tetrazole rings is 1. The fourth-order valence-corrected chi connectivity index (χ4v) is 2.49. The van der Waals surface area contributed by atoms with Crippen LogP contribution in [-0.2, 0) is 23.2 Å². The van der Waals surface area contributed by atoms with E-state index >= 15 is 0 Å². The van der Waals surface area contributed by atoms with Crippen LogP contribution in [0.2, 0.25) is 0 Å². The van der Waals surface area contributed by atoms with Gasteiger partial charge >= 0.3 is 0 Å². The molecule has 0 amide bonds. The number of hydrogen-bond acceptors (Lipinski definition) is 7. The second-order valence-corrected chi connectivity index (χ2v) is 5.13. The lowest BCUT2D eigenvalue weighted by Gasteiger charge is -2.03. The predicted molar refractivity (Wildman–Crippen MR) is 57.5 cm³/mol. The third-order valence-electron chi connectivity index (χ3n) is 2.26. The number of hydrogen-bond donors (Lipinski definition) is 4. The Morgan fingerprint density at radius 1 is 1.39 bits per heavy atom. The van der Waals surface area contributed by atoms with Gasteiger partial charge in [0.05, 0.1) is 13.2 Å². The van der Waals surface area contributed by atoms with Gasteiger partial charge in [0, 0.05) is 11.3 Å². The van der Waals surface area contributed by atoms with Crippen molar-refractivity contribution in [1.29, 1.82) is 0 Å². The van der Waals surface area contributed by atoms with Crippen LogP contribution in [0, 0.1) is 6.92 Å². The molecule has 0 bridgehead atoms. The Morgan fingerprint density at radius 2 is 2.17 bits per heavy atom. The van der Waals surface area contributed by atoms with E-state index < -0.39 is 16.6 Å². The lowest BCUT2D eigenvalue weighted by Crippen LogP contribution is -2.25. The summed E-state index contributed by atoms with van der Waals surface area (Å²) in [5.41, 5.74) is 0.730. The predicted octanol–water partition coefficient (Wildman–Crippen LogP) is -1.80. The molecule has 0 aliphatic heterocycles. The molecule has 10 nitrogen and oxygen atoms in total. The fraction of sp³-hybridized carbons (Fsp3) is 0.429. The molecular formula is C7H11N7O3S. The van der Waals surface area contributed by atoms with Crippen LogP contribution in [0.5, 0.6) is 0 Å². The number of nitrogens with one attached hydrogen (secondary N) is 3. The van der Waals surface area contributed by atoms with Gasteiger partial charge in [0.1, 0.15) is 0 Å². The van der Waals surface area contributed by atoms with E-state index in [1.807, 2.05) is 0 Å². The van der Waals surface area contributed by atoms with Gasteiger partial charge in [-0.15, -0.1) is 10.2 Å². The maximum Gasteiger partial charge on any atom is 0.260 e. The van der Waals surface area contributed by atoms with Crippen LogP contribution in [0.15, 0.2) is 5.03 Å². The number of H-pyrrole nitrogens is 2. The van der Waals surface area contributed by atoms with Gasteiger partial charge in [-0.1, -0.05) is 5.21 Å². The lowest BCUT2D eigenvalue weighted by atomic mass is 10.3. The molecule has 0 spiro atoms. The number of nitrogens with zero attached hydrogens (tertiary/aromatic N) is 4. The van der Waals surface area contributed by atoms with E-state index in [0.717, 1.165) is 0 Å². The van der Waals surface area contributed by atoms with Crippen LogP contribution in [-0.4, -0.2) is 44.3 Å². The summed E-state index contributed by atoms with van der Waals surface area (Å²) in [4.78, 5) is 0. The number of aryl methyl sites for hydroxylation is 1. The van der Waals surface area contributed by atoms with Gasteiger partial charge in [0.25, 0.3) is 10.0 Å². The Labute approximate surface area is 102 Å². The first-order valence-corrected chi connectivity index (χ1v) is 6.39. The normalized spacial score (nSPS) is 11.9. The minimum Gasteiger partial charge on any atom is -0.392 e. The lowest BCUT2D eigenvalue weighted by molar-refractivity contribution is 0.277. The maximum atomic E-state index is 11.9. The Hall–Kier alpha value is -1.85. The molecule has 0 fully saturated rings. The van der Waals surface area contributed by atoms with E-state index in [4.69, 9.17) is 5.11 Å². The molecule has 2 rings (SSSR count). The van der Waals surface area contributed by atoms with Gasteiger partial charge in [-0.25, -0.2) is 13.1 Å². The first-order chi connectivity index (χ1) is 8.54. The summed E-state index contributed by atoms with van der Waals surface area (Å²) in [6, 6.07) is 0. The molecule has 0 saturated carbocycles. The summed E-state index contributed by atoms with van der Waals surface area (Å²) in [5.74, 6) is 0.205.